The molecule has 8 nitrogen and oxygen atoms in total. The predicted octanol–water partition coefficient (Wildman–Crippen LogP) is 5.82. The number of benzene rings is 2. The third-order valence-corrected chi connectivity index (χ3v) is 6.11. The first kappa shape index (κ1) is 29.1. The molecule has 0 fully saturated rings. The van der Waals surface area contributed by atoms with Gasteiger partial charge in [0, 0.05) is 23.6 Å². The lowest BCUT2D eigenvalue weighted by molar-refractivity contribution is -0.138. The smallest absolute Gasteiger partial charge is 0.339 e. The van der Waals surface area contributed by atoms with E-state index in [0.717, 1.165) is 16.7 Å². The van der Waals surface area contributed by atoms with Gasteiger partial charge in [0.2, 0.25) is 5.89 Å². The second-order valence-electron chi connectivity index (χ2n) is 8.89. The Morgan fingerprint density at radius 3 is 2.38 bits per heavy atom. The van der Waals surface area contributed by atoms with Gasteiger partial charge in [0.1, 0.15) is 6.54 Å². The van der Waals surface area contributed by atoms with E-state index in [0.29, 0.717) is 9.70 Å². The molecule has 0 saturated carbocycles. The van der Waals surface area contributed by atoms with Crippen molar-refractivity contribution in [3.8, 4) is 11.4 Å². The van der Waals surface area contributed by atoms with Crippen molar-refractivity contribution in [3.05, 3.63) is 86.9 Å². The Morgan fingerprint density at radius 1 is 1.07 bits per heavy atom. The van der Waals surface area contributed by atoms with Crippen molar-refractivity contribution in [2.24, 2.45) is 0 Å². The van der Waals surface area contributed by atoms with Gasteiger partial charge in [-0.05, 0) is 42.8 Å². The molecule has 0 aliphatic rings. The van der Waals surface area contributed by atoms with Crippen LogP contribution in [0.5, 0.6) is 0 Å². The van der Waals surface area contributed by atoms with Gasteiger partial charge in [-0.2, -0.15) is 31.3 Å². The molecular formula is C25H20ClF6N5O3. The topological polar surface area (TPSA) is 95.8 Å². The molecule has 40 heavy (non-hydrogen) atoms. The van der Waals surface area contributed by atoms with Crippen LogP contribution in [0.1, 0.15) is 41.6 Å². The molecule has 4 aromatic rings. The lowest BCUT2D eigenvalue weighted by atomic mass is 9.92. The molecule has 212 valence electrons. The van der Waals surface area contributed by atoms with Gasteiger partial charge in [-0.25, -0.2) is 9.48 Å². The van der Waals surface area contributed by atoms with Crippen molar-refractivity contribution in [3.63, 3.8) is 0 Å². The fourth-order valence-electron chi connectivity index (χ4n) is 3.99. The summed E-state index contributed by atoms with van der Waals surface area (Å²) in [7, 11) is 0. The number of Topliss-reactive ketones (excluding diaryl/α,β-unsaturated/α-hetero) is 1. The number of halogens is 7. The average Bonchev–Trinajstić information content (AvgIpc) is 3.43. The number of aromatic nitrogens is 5. The molecule has 0 N–H and O–H groups in total. The Hall–Kier alpha value is -3.94. The van der Waals surface area contributed by atoms with Crippen LogP contribution in [0.3, 0.4) is 0 Å². The van der Waals surface area contributed by atoms with Crippen molar-refractivity contribution in [2.45, 2.75) is 51.1 Å². The molecule has 1 atom stereocenters. The largest absolute Gasteiger partial charge is 0.416 e. The third-order valence-electron chi connectivity index (χ3n) is 5.86. The van der Waals surface area contributed by atoms with Crippen LogP contribution >= 0.6 is 11.6 Å². The zero-order chi connectivity index (χ0) is 29.2. The molecule has 0 bridgehead atoms. The lowest BCUT2D eigenvalue weighted by Gasteiger charge is -2.15. The summed E-state index contributed by atoms with van der Waals surface area (Å²) < 4.78 is 85.5. The maximum absolute atomic E-state index is 13.3. The number of ketones is 1. The number of nitrogens with zero attached hydrogens (tertiary/aromatic N) is 5. The molecule has 2 aromatic heterocycles. The minimum atomic E-state index is -4.65. The summed E-state index contributed by atoms with van der Waals surface area (Å²) in [6.45, 7) is 0.0765. The average molecular weight is 588 g/mol. The van der Waals surface area contributed by atoms with Crippen LogP contribution in [0.2, 0.25) is 5.02 Å². The monoisotopic (exact) mass is 587 g/mol. The van der Waals surface area contributed by atoms with Crippen LogP contribution in [0.15, 0.2) is 57.8 Å². The van der Waals surface area contributed by atoms with Crippen molar-refractivity contribution in [2.75, 3.05) is 0 Å². The number of alkyl halides is 6. The summed E-state index contributed by atoms with van der Waals surface area (Å²) in [5.74, 6) is -1.79. The van der Waals surface area contributed by atoms with Crippen molar-refractivity contribution >= 4 is 17.4 Å². The molecule has 0 amide bonds. The summed E-state index contributed by atoms with van der Waals surface area (Å²) in [6, 6.07) is 10.1. The van der Waals surface area contributed by atoms with Crippen LogP contribution in [0, 0.1) is 6.92 Å². The molecule has 0 aliphatic carbocycles. The van der Waals surface area contributed by atoms with E-state index in [9.17, 15) is 35.9 Å². The van der Waals surface area contributed by atoms with Gasteiger partial charge >= 0.3 is 18.0 Å². The Morgan fingerprint density at radius 2 is 1.77 bits per heavy atom. The maximum Gasteiger partial charge on any atom is 0.416 e. The number of carbonyl (C=O) groups excluding carboxylic acids is 1. The SMILES string of the molecule is Cc1noc(C(CC(=O)Cn2nc(-c3ccc(Cl)cc3)n(CCC(F)(F)F)c2=O)c2cccc(C(F)(F)F)c2)n1. The van der Waals surface area contributed by atoms with E-state index in [2.05, 4.69) is 15.2 Å². The summed E-state index contributed by atoms with van der Waals surface area (Å²) in [6.07, 6.45) is -11.0. The molecule has 0 spiro atoms. The minimum Gasteiger partial charge on any atom is -0.339 e. The van der Waals surface area contributed by atoms with Crippen molar-refractivity contribution in [1.29, 1.82) is 0 Å². The molecule has 15 heteroatoms. The first-order valence-electron chi connectivity index (χ1n) is 11.7. The molecule has 0 aliphatic heterocycles. The Labute approximate surface area is 227 Å². The molecule has 4 rings (SSSR count). The van der Waals surface area contributed by atoms with Crippen LogP contribution in [-0.4, -0.2) is 36.4 Å². The highest BCUT2D eigenvalue weighted by Crippen LogP contribution is 2.34. The molecular weight excluding hydrogens is 568 g/mol. The highest BCUT2D eigenvalue weighted by atomic mass is 35.5. The summed E-state index contributed by atoms with van der Waals surface area (Å²) in [5, 5.41) is 8.08. The summed E-state index contributed by atoms with van der Waals surface area (Å²) in [4.78, 5) is 30.2. The van der Waals surface area contributed by atoms with Gasteiger partial charge in [-0.1, -0.05) is 35.0 Å². The Kier molecular flexibility index (Phi) is 8.19. The van der Waals surface area contributed by atoms with Crippen LogP contribution < -0.4 is 5.69 Å². The van der Waals surface area contributed by atoms with Gasteiger partial charge in [0.25, 0.3) is 0 Å². The molecule has 2 aromatic carbocycles. The van der Waals surface area contributed by atoms with Gasteiger partial charge in [-0.3, -0.25) is 9.36 Å². The molecule has 0 saturated heterocycles. The third kappa shape index (κ3) is 6.97. The number of hydrogen-bond donors (Lipinski definition) is 0. The number of rotatable bonds is 9. The Balaban J connectivity index is 1.66. The first-order chi connectivity index (χ1) is 18.7. The quantitative estimate of drug-likeness (QED) is 0.229. The van der Waals surface area contributed by atoms with E-state index in [4.69, 9.17) is 16.1 Å². The molecule has 0 radical (unpaired) electrons. The molecule has 2 heterocycles. The number of aryl methyl sites for hydroxylation is 1. The zero-order valence-corrected chi connectivity index (χ0v) is 21.4. The van der Waals surface area contributed by atoms with Gasteiger partial charge in [0.15, 0.2) is 17.4 Å². The zero-order valence-electron chi connectivity index (χ0n) is 20.6. The first-order valence-corrected chi connectivity index (χ1v) is 12.1. The predicted molar refractivity (Wildman–Crippen MR) is 130 cm³/mol. The summed E-state index contributed by atoms with van der Waals surface area (Å²) >= 11 is 5.88. The summed E-state index contributed by atoms with van der Waals surface area (Å²) in [5.41, 5.74) is -1.56. The standard InChI is InChI=1S/C25H20ClF6N5O3/c1-14-33-22(40-35-14)20(16-3-2-4-17(11-16)25(30,31)32)12-19(38)13-37-23(39)36(10-9-24(27,28)29)21(34-37)15-5-7-18(26)8-6-15/h2-8,11,20H,9-10,12-13H2,1H3. The van der Waals surface area contributed by atoms with Gasteiger partial charge in [-0.15, -0.1) is 5.10 Å². The lowest BCUT2D eigenvalue weighted by Crippen LogP contribution is -2.29. The van der Waals surface area contributed by atoms with Crippen molar-refractivity contribution < 1.29 is 35.7 Å². The van der Waals surface area contributed by atoms with Crippen LogP contribution in [0.25, 0.3) is 11.4 Å². The minimum absolute atomic E-state index is 0.0664. The fourth-order valence-corrected chi connectivity index (χ4v) is 4.12. The van der Waals surface area contributed by atoms with Gasteiger partial charge in [0.05, 0.1) is 17.9 Å². The second-order valence-corrected chi connectivity index (χ2v) is 9.32. The van der Waals surface area contributed by atoms with E-state index < -0.39 is 61.2 Å². The van der Waals surface area contributed by atoms with Gasteiger partial charge < -0.3 is 4.52 Å². The second kappa shape index (κ2) is 11.3. The van der Waals surface area contributed by atoms with Crippen LogP contribution in [-0.2, 0) is 24.1 Å². The van der Waals surface area contributed by atoms with E-state index in [-0.39, 0.29) is 28.7 Å². The number of hydrogen-bond acceptors (Lipinski definition) is 6. The van der Waals surface area contributed by atoms with E-state index >= 15 is 0 Å². The Bertz CT molecular complexity index is 1560. The highest BCUT2D eigenvalue weighted by molar-refractivity contribution is 6.30. The molecule has 1 unspecified atom stereocenters. The van der Waals surface area contributed by atoms with Crippen LogP contribution in [0.4, 0.5) is 26.3 Å². The normalized spacial score (nSPS) is 13.0. The fraction of sp³-hybridized carbons (Fsp3) is 0.320. The highest BCUT2D eigenvalue weighted by Gasteiger charge is 2.33. The number of carbonyl (C=O) groups is 1. The van der Waals surface area contributed by atoms with E-state index in [1.54, 1.807) is 0 Å². The van der Waals surface area contributed by atoms with Crippen molar-refractivity contribution in [1.82, 2.24) is 24.5 Å². The van der Waals surface area contributed by atoms with E-state index in [1.165, 1.54) is 43.3 Å². The maximum atomic E-state index is 13.3. The van der Waals surface area contributed by atoms with E-state index in [1.807, 2.05) is 0 Å².